The van der Waals surface area contributed by atoms with Gasteiger partial charge in [-0.15, -0.1) is 0 Å². The van der Waals surface area contributed by atoms with Crippen molar-refractivity contribution in [3.05, 3.63) is 58.0 Å². The van der Waals surface area contributed by atoms with Gasteiger partial charge in [0.1, 0.15) is 5.82 Å². The first-order valence-electron chi connectivity index (χ1n) is 11.8. The predicted octanol–water partition coefficient (Wildman–Crippen LogP) is 2.84. The van der Waals surface area contributed by atoms with E-state index >= 15 is 0 Å². The standard InChI is InChI=1S/C26H25FN2O4/c1-28-7-5-25-20-12-2-3-18(31)23(20)33-24(25)22-16(11-26(25,32)19(28)8-12)14-9-13(27)10-15-17(30)4-6-29(22)21(14)15/h2-3,9-10,17,19,24,30-32H,4-8,11H2,1H3/t17-,19-,24+,25+,26-/m1/s1. The lowest BCUT2D eigenvalue weighted by Gasteiger charge is -2.62. The maximum Gasteiger partial charge on any atom is 0.166 e. The number of aromatic hydroxyl groups is 1. The molecule has 0 amide bonds. The van der Waals surface area contributed by atoms with Gasteiger partial charge in [0.25, 0.3) is 0 Å². The number of halogens is 1. The highest BCUT2D eigenvalue weighted by molar-refractivity contribution is 5.90. The fraction of sp³-hybridized carbons (Fsp3) is 0.462. The second-order valence-electron chi connectivity index (χ2n) is 10.7. The van der Waals surface area contributed by atoms with Crippen LogP contribution in [0.3, 0.4) is 0 Å². The Labute approximate surface area is 189 Å². The van der Waals surface area contributed by atoms with Gasteiger partial charge in [-0.25, -0.2) is 4.39 Å². The van der Waals surface area contributed by atoms with Crippen molar-refractivity contribution < 1.29 is 24.4 Å². The maximum absolute atomic E-state index is 14.7. The number of rotatable bonds is 0. The molecule has 8 rings (SSSR count). The molecule has 1 aromatic heterocycles. The molecule has 4 heterocycles. The molecule has 0 radical (unpaired) electrons. The fourth-order valence-electron chi connectivity index (χ4n) is 8.15. The van der Waals surface area contributed by atoms with Gasteiger partial charge in [0.2, 0.25) is 0 Å². The second-order valence-corrected chi connectivity index (χ2v) is 10.7. The molecule has 7 heteroatoms. The summed E-state index contributed by atoms with van der Waals surface area (Å²) in [6.07, 6.45) is 1.12. The van der Waals surface area contributed by atoms with Crippen LogP contribution in [0.2, 0.25) is 0 Å². The van der Waals surface area contributed by atoms with Gasteiger partial charge in [0.15, 0.2) is 17.6 Å². The van der Waals surface area contributed by atoms with E-state index in [9.17, 15) is 19.7 Å². The van der Waals surface area contributed by atoms with Crippen molar-refractivity contribution in [2.45, 2.75) is 61.5 Å². The van der Waals surface area contributed by atoms with Crippen molar-refractivity contribution in [1.82, 2.24) is 9.47 Å². The van der Waals surface area contributed by atoms with Crippen LogP contribution in [0.1, 0.15) is 53.0 Å². The number of hydrogen-bond acceptors (Lipinski definition) is 5. The van der Waals surface area contributed by atoms with E-state index in [0.717, 1.165) is 46.3 Å². The van der Waals surface area contributed by atoms with Crippen molar-refractivity contribution in [2.24, 2.45) is 0 Å². The predicted molar refractivity (Wildman–Crippen MR) is 118 cm³/mol. The molecule has 0 unspecified atom stereocenters. The van der Waals surface area contributed by atoms with E-state index in [0.29, 0.717) is 37.1 Å². The summed E-state index contributed by atoms with van der Waals surface area (Å²) in [5, 5.41) is 34.8. The lowest BCUT2D eigenvalue weighted by atomic mass is 9.49. The van der Waals surface area contributed by atoms with Gasteiger partial charge in [-0.2, -0.15) is 0 Å². The lowest BCUT2D eigenvalue weighted by Crippen LogP contribution is -2.74. The first kappa shape index (κ1) is 18.8. The largest absolute Gasteiger partial charge is 0.504 e. The molecule has 3 N–H and O–H groups in total. The van der Waals surface area contributed by atoms with Crippen molar-refractivity contribution in [3.63, 3.8) is 0 Å². The summed E-state index contributed by atoms with van der Waals surface area (Å²) in [6, 6.07) is 6.56. The van der Waals surface area contributed by atoms with Crippen molar-refractivity contribution in [1.29, 1.82) is 0 Å². The molecular formula is C26H25FN2O4. The summed E-state index contributed by atoms with van der Waals surface area (Å²) in [4.78, 5) is 2.24. The number of phenolic OH excluding ortho intramolecular Hbond substituents is 1. The van der Waals surface area contributed by atoms with Gasteiger partial charge in [0, 0.05) is 35.5 Å². The number of aryl methyl sites for hydroxylation is 1. The first-order valence-corrected chi connectivity index (χ1v) is 11.8. The van der Waals surface area contributed by atoms with Gasteiger partial charge < -0.3 is 29.5 Å². The lowest BCUT2D eigenvalue weighted by molar-refractivity contribution is -0.168. The highest BCUT2D eigenvalue weighted by Crippen LogP contribution is 2.69. The maximum atomic E-state index is 14.7. The quantitative estimate of drug-likeness (QED) is 0.493. The summed E-state index contributed by atoms with van der Waals surface area (Å²) >= 11 is 0. The molecule has 1 fully saturated rings. The Morgan fingerprint density at radius 1 is 1.21 bits per heavy atom. The van der Waals surface area contributed by atoms with Crippen LogP contribution in [-0.2, 0) is 24.8 Å². The number of hydrogen-bond donors (Lipinski definition) is 3. The van der Waals surface area contributed by atoms with E-state index in [1.165, 1.54) is 6.07 Å². The number of aliphatic hydroxyl groups excluding tert-OH is 1. The van der Waals surface area contributed by atoms with Gasteiger partial charge >= 0.3 is 0 Å². The Kier molecular flexibility index (Phi) is 3.15. The van der Waals surface area contributed by atoms with Crippen molar-refractivity contribution in [3.8, 4) is 11.5 Å². The van der Waals surface area contributed by atoms with Gasteiger partial charge in [-0.3, -0.25) is 0 Å². The topological polar surface area (TPSA) is 78.1 Å². The summed E-state index contributed by atoms with van der Waals surface area (Å²) in [7, 11) is 2.06. The third-order valence-corrected chi connectivity index (χ3v) is 9.46. The number of aliphatic hydroxyl groups is 2. The van der Waals surface area contributed by atoms with Crippen molar-refractivity contribution >= 4 is 10.9 Å². The Balaban J connectivity index is 1.52. The molecule has 1 saturated heterocycles. The third-order valence-electron chi connectivity index (χ3n) is 9.46. The van der Waals surface area contributed by atoms with E-state index in [1.54, 1.807) is 12.1 Å². The number of likely N-dealkylation sites (tertiary alicyclic amines) is 1. The molecule has 3 aliphatic heterocycles. The number of nitrogens with zero attached hydrogens (tertiary/aromatic N) is 2. The SMILES string of the molecule is CN1CC[C@]23c4c5ccc(O)c4O[C@H]2c2c(c4cc(F)cc6c4n2CC[C@H]6O)C[C@@]3(O)[C@H]1C5. The fourth-order valence-corrected chi connectivity index (χ4v) is 8.15. The Bertz CT molecular complexity index is 1420. The number of aromatic nitrogens is 1. The Morgan fingerprint density at radius 2 is 2.06 bits per heavy atom. The van der Waals surface area contributed by atoms with Crippen LogP contribution in [0.4, 0.5) is 4.39 Å². The van der Waals surface area contributed by atoms with Crippen LogP contribution >= 0.6 is 0 Å². The average molecular weight is 448 g/mol. The molecule has 170 valence electrons. The minimum Gasteiger partial charge on any atom is -0.504 e. The summed E-state index contributed by atoms with van der Waals surface area (Å²) in [5.74, 6) is 0.227. The smallest absolute Gasteiger partial charge is 0.166 e. The molecule has 5 atom stereocenters. The van der Waals surface area contributed by atoms with Crippen LogP contribution in [0, 0.1) is 5.82 Å². The van der Waals surface area contributed by atoms with E-state index in [1.807, 2.05) is 6.07 Å². The number of likely N-dealkylation sites (N-methyl/N-ethyl adjacent to an activating group) is 1. The molecule has 2 aliphatic carbocycles. The second kappa shape index (κ2) is 5.54. The number of fused-ring (bicyclic) bond motifs is 4. The normalized spacial score (nSPS) is 35.3. The highest BCUT2D eigenvalue weighted by atomic mass is 19.1. The minimum atomic E-state index is -1.11. The van der Waals surface area contributed by atoms with Gasteiger partial charge in [-0.05, 0) is 62.2 Å². The van der Waals surface area contributed by atoms with Crippen LogP contribution < -0.4 is 4.74 Å². The molecule has 0 saturated carbocycles. The van der Waals surface area contributed by atoms with E-state index in [2.05, 4.69) is 16.5 Å². The van der Waals surface area contributed by atoms with Crippen LogP contribution in [0.15, 0.2) is 24.3 Å². The number of piperidine rings is 1. The number of benzene rings is 2. The minimum absolute atomic E-state index is 0.101. The molecule has 1 spiro atoms. The van der Waals surface area contributed by atoms with E-state index < -0.39 is 23.2 Å². The van der Waals surface area contributed by atoms with Crippen LogP contribution in [0.5, 0.6) is 11.5 Å². The zero-order chi connectivity index (χ0) is 22.4. The molecule has 6 nitrogen and oxygen atoms in total. The molecular weight excluding hydrogens is 423 g/mol. The summed E-state index contributed by atoms with van der Waals surface area (Å²) in [5.41, 5.74) is 3.67. The molecule has 2 aromatic carbocycles. The van der Waals surface area contributed by atoms with Crippen molar-refractivity contribution in [2.75, 3.05) is 13.6 Å². The van der Waals surface area contributed by atoms with E-state index in [-0.39, 0.29) is 17.6 Å². The monoisotopic (exact) mass is 448 g/mol. The summed E-state index contributed by atoms with van der Waals surface area (Å²) < 4.78 is 23.5. The first-order chi connectivity index (χ1) is 15.8. The zero-order valence-corrected chi connectivity index (χ0v) is 18.3. The third kappa shape index (κ3) is 1.84. The molecule has 33 heavy (non-hydrogen) atoms. The van der Waals surface area contributed by atoms with Crippen LogP contribution in [0.25, 0.3) is 10.9 Å². The van der Waals surface area contributed by atoms with Crippen LogP contribution in [-0.4, -0.2) is 50.0 Å². The number of ether oxygens (including phenoxy) is 1. The average Bonchev–Trinajstić information content (AvgIpc) is 3.28. The van der Waals surface area contributed by atoms with Gasteiger partial charge in [0.05, 0.1) is 28.3 Å². The molecule has 2 bridgehead atoms. The Morgan fingerprint density at radius 3 is 2.91 bits per heavy atom. The number of phenols is 1. The zero-order valence-electron chi connectivity index (χ0n) is 18.3. The highest BCUT2D eigenvalue weighted by Gasteiger charge is 2.72. The molecule has 5 aliphatic rings. The molecule has 3 aromatic rings. The van der Waals surface area contributed by atoms with Gasteiger partial charge in [-0.1, -0.05) is 6.07 Å². The van der Waals surface area contributed by atoms with E-state index in [4.69, 9.17) is 4.74 Å². The summed E-state index contributed by atoms with van der Waals surface area (Å²) in [6.45, 7) is 1.44. The Hall–Kier alpha value is -2.61.